The minimum absolute atomic E-state index is 0.0377. The van der Waals surface area contributed by atoms with Gasteiger partial charge in [0.2, 0.25) is 0 Å². The van der Waals surface area contributed by atoms with Crippen LogP contribution in [0.4, 0.5) is 5.69 Å². The molecule has 0 atom stereocenters. The third-order valence-corrected chi connectivity index (χ3v) is 6.15. The minimum Gasteiger partial charge on any atom is -0.507 e. The fourth-order valence-electron chi connectivity index (χ4n) is 3.07. The molecular formula is C22H27ClN2O4S. The van der Waals surface area contributed by atoms with Crippen molar-refractivity contribution in [1.29, 1.82) is 0 Å². The zero-order valence-corrected chi connectivity index (χ0v) is 18.7. The lowest BCUT2D eigenvalue weighted by Crippen LogP contribution is -2.07. The van der Waals surface area contributed by atoms with Gasteiger partial charge >= 0.3 is 5.97 Å². The zero-order chi connectivity index (χ0) is 22.1. The van der Waals surface area contributed by atoms with Crippen LogP contribution < -0.4 is 5.32 Å². The van der Waals surface area contributed by atoms with E-state index in [1.165, 1.54) is 0 Å². The second kappa shape index (κ2) is 11.7. The monoisotopic (exact) mass is 450 g/mol. The topological polar surface area (TPSA) is 102 Å². The Morgan fingerprint density at radius 1 is 1.27 bits per heavy atom. The predicted molar refractivity (Wildman–Crippen MR) is 123 cm³/mol. The van der Waals surface area contributed by atoms with Gasteiger partial charge in [0, 0.05) is 28.3 Å². The lowest BCUT2D eigenvalue weighted by Gasteiger charge is -2.16. The lowest BCUT2D eigenvalue weighted by molar-refractivity contribution is -0.136. The maximum atomic E-state index is 10.8. The molecule has 0 spiro atoms. The van der Waals surface area contributed by atoms with E-state index in [0.29, 0.717) is 28.3 Å². The third kappa shape index (κ3) is 6.57. The van der Waals surface area contributed by atoms with Gasteiger partial charge in [0.25, 0.3) is 0 Å². The van der Waals surface area contributed by atoms with Crippen molar-refractivity contribution in [2.45, 2.75) is 44.4 Å². The molecule has 0 fully saturated rings. The number of phenols is 1. The molecule has 8 heteroatoms. The van der Waals surface area contributed by atoms with Crippen LogP contribution >= 0.6 is 23.4 Å². The van der Waals surface area contributed by atoms with E-state index >= 15 is 0 Å². The first-order valence-electron chi connectivity index (χ1n) is 9.78. The van der Waals surface area contributed by atoms with Crippen molar-refractivity contribution < 1.29 is 20.2 Å². The molecule has 0 aliphatic heterocycles. The van der Waals surface area contributed by atoms with E-state index in [9.17, 15) is 9.90 Å². The number of thioether (sulfide) groups is 1. The molecule has 0 saturated heterocycles. The number of rotatable bonds is 11. The maximum Gasteiger partial charge on any atom is 0.307 e. The summed E-state index contributed by atoms with van der Waals surface area (Å²) in [6.07, 6.45) is 2.44. The van der Waals surface area contributed by atoms with Gasteiger partial charge in [-0.1, -0.05) is 36.2 Å². The first kappa shape index (κ1) is 23.9. The Morgan fingerprint density at radius 2 is 2.03 bits per heavy atom. The van der Waals surface area contributed by atoms with Crippen LogP contribution in [-0.4, -0.2) is 39.4 Å². The molecule has 6 nitrogen and oxygen atoms in total. The number of carboxylic acid groups (broad SMARTS) is 1. The van der Waals surface area contributed by atoms with Gasteiger partial charge in [0.05, 0.1) is 17.2 Å². The molecule has 2 aromatic carbocycles. The van der Waals surface area contributed by atoms with Crippen LogP contribution in [0.5, 0.6) is 5.75 Å². The molecule has 0 aliphatic rings. The van der Waals surface area contributed by atoms with Crippen LogP contribution in [0.2, 0.25) is 5.02 Å². The average Bonchev–Trinajstić information content (AvgIpc) is 2.70. The fourth-order valence-corrected chi connectivity index (χ4v) is 4.31. The number of anilines is 1. The van der Waals surface area contributed by atoms with Crippen LogP contribution in [-0.2, 0) is 17.6 Å². The Hall–Kier alpha value is -2.38. The summed E-state index contributed by atoms with van der Waals surface area (Å²) in [5, 5.41) is 35.6. The fraction of sp³-hybridized carbons (Fsp3) is 0.364. The third-order valence-electron chi connectivity index (χ3n) is 4.57. The van der Waals surface area contributed by atoms with Gasteiger partial charge in [-0.2, -0.15) is 0 Å². The summed E-state index contributed by atoms with van der Waals surface area (Å²) in [6, 6.07) is 9.01. The number of nitrogens with zero attached hydrogens (tertiary/aromatic N) is 1. The van der Waals surface area contributed by atoms with E-state index in [4.69, 9.17) is 21.9 Å². The van der Waals surface area contributed by atoms with E-state index < -0.39 is 5.97 Å². The van der Waals surface area contributed by atoms with E-state index in [-0.39, 0.29) is 12.2 Å². The molecule has 2 aromatic rings. The standard InChI is InChI=1S/C22H27ClN2O4S/c1-3-5-17-19(8-7-16(22(17)28)14(2)25-29)24-10-4-11-30-20-9-6-15(12-18(20)23)13-21(26)27/h6-9,12,24,28-29H,3-5,10-11,13H2,1-2H3,(H,26,27)/b25-14+. The van der Waals surface area contributed by atoms with Crippen molar-refractivity contribution in [2.24, 2.45) is 5.16 Å². The Kier molecular flexibility index (Phi) is 9.33. The number of carbonyl (C=O) groups is 1. The Morgan fingerprint density at radius 3 is 2.67 bits per heavy atom. The smallest absolute Gasteiger partial charge is 0.307 e. The van der Waals surface area contributed by atoms with E-state index in [2.05, 4.69) is 10.5 Å². The molecule has 0 radical (unpaired) electrons. The normalized spacial score (nSPS) is 11.5. The Balaban J connectivity index is 1.93. The molecule has 30 heavy (non-hydrogen) atoms. The van der Waals surface area contributed by atoms with Gasteiger partial charge in [-0.15, -0.1) is 11.8 Å². The number of carboxylic acids is 1. The van der Waals surface area contributed by atoms with Gasteiger partial charge < -0.3 is 20.7 Å². The molecule has 0 bridgehead atoms. The molecule has 0 saturated carbocycles. The summed E-state index contributed by atoms with van der Waals surface area (Å²) < 4.78 is 0. The highest BCUT2D eigenvalue weighted by atomic mass is 35.5. The first-order chi connectivity index (χ1) is 14.4. The van der Waals surface area contributed by atoms with Crippen molar-refractivity contribution in [3.63, 3.8) is 0 Å². The number of nitrogens with one attached hydrogen (secondary N) is 1. The van der Waals surface area contributed by atoms with Crippen molar-refractivity contribution in [1.82, 2.24) is 0 Å². The highest BCUT2D eigenvalue weighted by Crippen LogP contribution is 2.32. The van der Waals surface area contributed by atoms with Crippen LogP contribution in [0.15, 0.2) is 40.4 Å². The van der Waals surface area contributed by atoms with E-state index in [1.807, 2.05) is 19.1 Å². The quantitative estimate of drug-likeness (QED) is 0.120. The van der Waals surface area contributed by atoms with Crippen molar-refractivity contribution in [3.05, 3.63) is 52.0 Å². The Labute approximate surface area is 186 Å². The summed E-state index contributed by atoms with van der Waals surface area (Å²) in [6.45, 7) is 4.42. The molecular weight excluding hydrogens is 424 g/mol. The second-order valence-electron chi connectivity index (χ2n) is 6.89. The maximum absolute atomic E-state index is 10.8. The van der Waals surface area contributed by atoms with Crippen molar-refractivity contribution >= 4 is 40.7 Å². The highest BCUT2D eigenvalue weighted by molar-refractivity contribution is 7.99. The predicted octanol–water partition coefficient (Wildman–Crippen LogP) is 5.42. The van der Waals surface area contributed by atoms with Gasteiger partial charge in [-0.25, -0.2) is 0 Å². The highest BCUT2D eigenvalue weighted by Gasteiger charge is 2.14. The second-order valence-corrected chi connectivity index (χ2v) is 8.43. The number of aliphatic carboxylic acids is 1. The molecule has 0 heterocycles. The van der Waals surface area contributed by atoms with Gasteiger partial charge in [0.15, 0.2) is 0 Å². The zero-order valence-electron chi connectivity index (χ0n) is 17.1. The summed E-state index contributed by atoms with van der Waals surface area (Å²) in [4.78, 5) is 11.7. The van der Waals surface area contributed by atoms with E-state index in [0.717, 1.165) is 41.3 Å². The molecule has 0 aromatic heterocycles. The molecule has 4 N–H and O–H groups in total. The largest absolute Gasteiger partial charge is 0.507 e. The summed E-state index contributed by atoms with van der Waals surface area (Å²) in [7, 11) is 0. The molecule has 0 unspecified atom stereocenters. The van der Waals surface area contributed by atoms with Crippen molar-refractivity contribution in [3.8, 4) is 5.75 Å². The molecule has 0 aliphatic carbocycles. The average molecular weight is 451 g/mol. The van der Waals surface area contributed by atoms with Gasteiger partial charge in [-0.3, -0.25) is 4.79 Å². The lowest BCUT2D eigenvalue weighted by atomic mass is 10.00. The Bertz CT molecular complexity index is 918. The number of aromatic hydroxyl groups is 1. The number of oxime groups is 1. The van der Waals surface area contributed by atoms with Gasteiger partial charge in [0.1, 0.15) is 5.75 Å². The number of halogens is 1. The van der Waals surface area contributed by atoms with E-state index in [1.54, 1.807) is 36.9 Å². The number of phenolic OH excluding ortho intramolecular Hbond substituents is 1. The number of hydrogen-bond donors (Lipinski definition) is 4. The van der Waals surface area contributed by atoms with Gasteiger partial charge in [-0.05, 0) is 55.3 Å². The summed E-state index contributed by atoms with van der Waals surface area (Å²) in [5.41, 5.74) is 3.29. The molecule has 2 rings (SSSR count). The van der Waals surface area contributed by atoms with Crippen LogP contribution in [0.25, 0.3) is 0 Å². The van der Waals surface area contributed by atoms with Crippen LogP contribution in [0.1, 0.15) is 43.4 Å². The number of hydrogen-bond acceptors (Lipinski definition) is 6. The number of benzene rings is 2. The minimum atomic E-state index is -0.877. The van der Waals surface area contributed by atoms with Crippen molar-refractivity contribution in [2.75, 3.05) is 17.6 Å². The summed E-state index contributed by atoms with van der Waals surface area (Å²) in [5.74, 6) is 0.117. The first-order valence-corrected chi connectivity index (χ1v) is 11.1. The molecule has 162 valence electrons. The van der Waals surface area contributed by atoms with Crippen LogP contribution in [0, 0.1) is 0 Å². The SMILES string of the molecule is CCCc1c(NCCCSc2ccc(CC(=O)O)cc2Cl)ccc(/C(C)=N/O)c1O. The molecule has 0 amide bonds. The summed E-state index contributed by atoms with van der Waals surface area (Å²) >= 11 is 7.89. The van der Waals surface area contributed by atoms with Crippen LogP contribution in [0.3, 0.4) is 0 Å².